The van der Waals surface area contributed by atoms with Crippen LogP contribution in [0, 0.1) is 5.92 Å². The van der Waals surface area contributed by atoms with Crippen molar-refractivity contribution in [3.05, 3.63) is 0 Å². The van der Waals surface area contributed by atoms with Crippen LogP contribution in [0.4, 0.5) is 0 Å². The zero-order valence-electron chi connectivity index (χ0n) is 8.09. The van der Waals surface area contributed by atoms with Gasteiger partial charge >= 0.3 is 0 Å². The van der Waals surface area contributed by atoms with Crippen LogP contribution in [0.2, 0.25) is 0 Å². The topological polar surface area (TPSA) is 18.5 Å². The van der Waals surface area contributed by atoms with Gasteiger partial charge in [0, 0.05) is 12.3 Å². The summed E-state index contributed by atoms with van der Waals surface area (Å²) in [5, 5.41) is 0. The molecule has 2 nitrogen and oxygen atoms in total. The number of alkyl halides is 1. The standard InChI is InChI=1S/C10H17ClO2/c1-8-4-2-3-5-10(8)12-7-9(6-11)13-10/h8-9H,2-7H2,1H3/t8-,9-,10+/m0/s1. The molecule has 1 saturated heterocycles. The predicted molar refractivity (Wildman–Crippen MR) is 51.9 cm³/mol. The summed E-state index contributed by atoms with van der Waals surface area (Å²) in [6.45, 7) is 2.89. The van der Waals surface area contributed by atoms with E-state index in [1.165, 1.54) is 19.3 Å². The summed E-state index contributed by atoms with van der Waals surface area (Å²) in [4.78, 5) is 0. The number of hydrogen-bond acceptors (Lipinski definition) is 2. The van der Waals surface area contributed by atoms with Crippen molar-refractivity contribution < 1.29 is 9.47 Å². The maximum atomic E-state index is 5.90. The van der Waals surface area contributed by atoms with Crippen LogP contribution in [0.3, 0.4) is 0 Å². The lowest BCUT2D eigenvalue weighted by atomic mass is 9.84. The van der Waals surface area contributed by atoms with Gasteiger partial charge in [-0.25, -0.2) is 0 Å². The van der Waals surface area contributed by atoms with Crippen molar-refractivity contribution in [2.24, 2.45) is 5.92 Å². The SMILES string of the molecule is C[C@H]1CCCC[C@]12OC[C@H](CCl)O2. The van der Waals surface area contributed by atoms with Gasteiger partial charge in [-0.05, 0) is 12.8 Å². The Labute approximate surface area is 84.5 Å². The Balaban J connectivity index is 2.03. The highest BCUT2D eigenvalue weighted by molar-refractivity contribution is 6.18. The molecule has 2 fully saturated rings. The zero-order chi connectivity index (χ0) is 9.31. The van der Waals surface area contributed by atoms with E-state index in [2.05, 4.69) is 6.92 Å². The number of hydrogen-bond donors (Lipinski definition) is 0. The third-order valence-corrected chi connectivity index (χ3v) is 3.56. The molecule has 2 aliphatic rings. The summed E-state index contributed by atoms with van der Waals surface area (Å²) in [5.41, 5.74) is 0. The summed E-state index contributed by atoms with van der Waals surface area (Å²) >= 11 is 5.75. The lowest BCUT2D eigenvalue weighted by Crippen LogP contribution is -2.41. The predicted octanol–water partition coefficient (Wildman–Crippen LogP) is 2.55. The van der Waals surface area contributed by atoms with E-state index in [4.69, 9.17) is 21.1 Å². The highest BCUT2D eigenvalue weighted by Gasteiger charge is 2.46. The molecule has 0 amide bonds. The fourth-order valence-corrected chi connectivity index (χ4v) is 2.49. The van der Waals surface area contributed by atoms with Gasteiger partial charge in [0.25, 0.3) is 0 Å². The first-order valence-corrected chi connectivity index (χ1v) is 5.68. The Bertz CT molecular complexity index is 186. The van der Waals surface area contributed by atoms with Gasteiger partial charge in [-0.15, -0.1) is 11.6 Å². The lowest BCUT2D eigenvalue weighted by molar-refractivity contribution is -0.215. The van der Waals surface area contributed by atoms with Crippen LogP contribution in [0.25, 0.3) is 0 Å². The monoisotopic (exact) mass is 204 g/mol. The van der Waals surface area contributed by atoms with Crippen molar-refractivity contribution in [1.29, 1.82) is 0 Å². The molecule has 13 heavy (non-hydrogen) atoms. The maximum Gasteiger partial charge on any atom is 0.171 e. The Morgan fingerprint density at radius 2 is 2.31 bits per heavy atom. The molecule has 0 aromatic rings. The van der Waals surface area contributed by atoms with E-state index in [0.29, 0.717) is 18.4 Å². The second kappa shape index (κ2) is 3.76. The number of halogens is 1. The summed E-state index contributed by atoms with van der Waals surface area (Å²) in [7, 11) is 0. The zero-order valence-corrected chi connectivity index (χ0v) is 8.85. The number of rotatable bonds is 1. The van der Waals surface area contributed by atoms with Crippen LogP contribution < -0.4 is 0 Å². The Kier molecular flexibility index (Phi) is 2.82. The maximum absolute atomic E-state index is 5.90. The smallest absolute Gasteiger partial charge is 0.171 e. The third kappa shape index (κ3) is 1.72. The molecule has 1 aliphatic carbocycles. The fourth-order valence-electron chi connectivity index (χ4n) is 2.34. The minimum atomic E-state index is -0.280. The summed E-state index contributed by atoms with van der Waals surface area (Å²) in [5.74, 6) is 0.793. The largest absolute Gasteiger partial charge is 0.347 e. The summed E-state index contributed by atoms with van der Waals surface area (Å²) < 4.78 is 11.7. The quantitative estimate of drug-likeness (QED) is 0.612. The molecule has 1 spiro atoms. The van der Waals surface area contributed by atoms with Gasteiger partial charge < -0.3 is 9.47 Å². The molecule has 0 aromatic heterocycles. The van der Waals surface area contributed by atoms with E-state index in [-0.39, 0.29) is 11.9 Å². The van der Waals surface area contributed by atoms with E-state index in [9.17, 15) is 0 Å². The molecule has 0 unspecified atom stereocenters. The fraction of sp³-hybridized carbons (Fsp3) is 1.00. The first kappa shape index (κ1) is 9.75. The second-order valence-corrected chi connectivity index (χ2v) is 4.47. The van der Waals surface area contributed by atoms with Gasteiger partial charge in [0.1, 0.15) is 0 Å². The molecule has 0 radical (unpaired) electrons. The van der Waals surface area contributed by atoms with Crippen LogP contribution >= 0.6 is 11.6 Å². The molecule has 0 aromatic carbocycles. The van der Waals surface area contributed by atoms with Crippen molar-refractivity contribution in [2.75, 3.05) is 12.5 Å². The highest BCUT2D eigenvalue weighted by Crippen LogP contribution is 2.41. The molecular weight excluding hydrogens is 188 g/mol. The summed E-state index contributed by atoms with van der Waals surface area (Å²) in [6.07, 6.45) is 4.90. The average molecular weight is 205 g/mol. The van der Waals surface area contributed by atoms with Gasteiger partial charge in [0.05, 0.1) is 18.6 Å². The molecule has 0 bridgehead atoms. The van der Waals surface area contributed by atoms with E-state index in [0.717, 1.165) is 6.42 Å². The normalized spacial score (nSPS) is 45.7. The molecule has 76 valence electrons. The van der Waals surface area contributed by atoms with Gasteiger partial charge in [0.2, 0.25) is 0 Å². The molecular formula is C10H17ClO2. The van der Waals surface area contributed by atoms with E-state index in [1.807, 2.05) is 0 Å². The van der Waals surface area contributed by atoms with Gasteiger partial charge in [-0.1, -0.05) is 13.3 Å². The minimum absolute atomic E-state index is 0.113. The Morgan fingerprint density at radius 3 is 2.92 bits per heavy atom. The van der Waals surface area contributed by atoms with Gasteiger partial charge in [0.15, 0.2) is 5.79 Å². The van der Waals surface area contributed by atoms with Crippen molar-refractivity contribution in [2.45, 2.75) is 44.5 Å². The third-order valence-electron chi connectivity index (χ3n) is 3.22. The first-order chi connectivity index (χ1) is 6.27. The van der Waals surface area contributed by atoms with Crippen LogP contribution in [-0.2, 0) is 9.47 Å². The Morgan fingerprint density at radius 1 is 1.46 bits per heavy atom. The number of ether oxygens (including phenoxy) is 2. The lowest BCUT2D eigenvalue weighted by Gasteiger charge is -2.37. The highest BCUT2D eigenvalue weighted by atomic mass is 35.5. The van der Waals surface area contributed by atoms with Crippen molar-refractivity contribution >= 4 is 11.6 Å². The average Bonchev–Trinajstić information content (AvgIpc) is 2.56. The van der Waals surface area contributed by atoms with Crippen LogP contribution in [0.1, 0.15) is 32.6 Å². The van der Waals surface area contributed by atoms with Gasteiger partial charge in [-0.3, -0.25) is 0 Å². The van der Waals surface area contributed by atoms with Gasteiger partial charge in [-0.2, -0.15) is 0 Å². The molecule has 1 aliphatic heterocycles. The van der Waals surface area contributed by atoms with Crippen molar-refractivity contribution in [3.63, 3.8) is 0 Å². The molecule has 2 rings (SSSR count). The summed E-state index contributed by atoms with van der Waals surface area (Å²) in [6, 6.07) is 0. The molecule has 0 N–H and O–H groups in total. The van der Waals surface area contributed by atoms with E-state index in [1.54, 1.807) is 0 Å². The minimum Gasteiger partial charge on any atom is -0.347 e. The molecule has 1 saturated carbocycles. The van der Waals surface area contributed by atoms with E-state index < -0.39 is 0 Å². The molecule has 3 heteroatoms. The van der Waals surface area contributed by atoms with Crippen LogP contribution in [-0.4, -0.2) is 24.4 Å². The second-order valence-electron chi connectivity index (χ2n) is 4.16. The molecule has 3 atom stereocenters. The molecule has 1 heterocycles. The Hall–Kier alpha value is 0.210. The van der Waals surface area contributed by atoms with Crippen molar-refractivity contribution in [1.82, 2.24) is 0 Å². The van der Waals surface area contributed by atoms with Crippen LogP contribution in [0.5, 0.6) is 0 Å². The van der Waals surface area contributed by atoms with E-state index >= 15 is 0 Å². The van der Waals surface area contributed by atoms with Crippen LogP contribution in [0.15, 0.2) is 0 Å². The van der Waals surface area contributed by atoms with Crippen molar-refractivity contribution in [3.8, 4) is 0 Å². The first-order valence-electron chi connectivity index (χ1n) is 5.14.